The summed E-state index contributed by atoms with van der Waals surface area (Å²) in [4.78, 5) is 6.51. The summed E-state index contributed by atoms with van der Waals surface area (Å²) in [5, 5.41) is 23.2. The Morgan fingerprint density at radius 2 is 2.26 bits per heavy atom. The van der Waals surface area contributed by atoms with Crippen LogP contribution < -0.4 is 0 Å². The van der Waals surface area contributed by atoms with E-state index in [0.29, 0.717) is 25.3 Å². The number of nitrogens with zero attached hydrogens (tertiary/aromatic N) is 3. The summed E-state index contributed by atoms with van der Waals surface area (Å²) in [5.74, 6) is 2.11. The van der Waals surface area contributed by atoms with Crippen LogP contribution in [0.5, 0.6) is 0 Å². The molecule has 1 aliphatic rings. The Balaban J connectivity index is 1.88. The van der Waals surface area contributed by atoms with Crippen molar-refractivity contribution in [1.29, 1.82) is 0 Å². The number of hydrogen-bond acceptors (Lipinski definition) is 7. The molecule has 6 nitrogen and oxygen atoms in total. The summed E-state index contributed by atoms with van der Waals surface area (Å²) in [6, 6.07) is 0. The average molecular weight is 287 g/mol. The maximum atomic E-state index is 10.1. The lowest BCUT2D eigenvalue weighted by Crippen LogP contribution is -2.34. The molecule has 0 aliphatic carbocycles. The van der Waals surface area contributed by atoms with Gasteiger partial charge in [-0.05, 0) is 32.1 Å². The van der Waals surface area contributed by atoms with E-state index in [9.17, 15) is 10.2 Å². The number of aromatic nitrogens is 2. The van der Waals surface area contributed by atoms with E-state index in [-0.39, 0.29) is 6.61 Å². The van der Waals surface area contributed by atoms with Crippen LogP contribution in [0, 0.1) is 0 Å². The molecular formula is C12H21N3O3S. The van der Waals surface area contributed by atoms with E-state index in [1.807, 2.05) is 6.26 Å². The molecule has 0 amide bonds. The van der Waals surface area contributed by atoms with Crippen molar-refractivity contribution in [3.63, 3.8) is 0 Å². The second kappa shape index (κ2) is 6.69. The SMILES string of the molecule is CSCc1noc(CN2CCCC(O)(CO)CC2)n1. The van der Waals surface area contributed by atoms with Gasteiger partial charge in [-0.25, -0.2) is 0 Å². The molecule has 0 bridgehead atoms. The molecule has 2 heterocycles. The molecule has 1 aromatic rings. The third kappa shape index (κ3) is 4.17. The molecule has 1 fully saturated rings. The van der Waals surface area contributed by atoms with Crippen LogP contribution in [-0.4, -0.2) is 56.8 Å². The third-order valence-electron chi connectivity index (χ3n) is 3.45. The zero-order valence-corrected chi connectivity index (χ0v) is 12.0. The van der Waals surface area contributed by atoms with E-state index in [1.54, 1.807) is 11.8 Å². The molecule has 108 valence electrons. The average Bonchev–Trinajstić information content (AvgIpc) is 2.75. The lowest BCUT2D eigenvalue weighted by Gasteiger charge is -2.23. The van der Waals surface area contributed by atoms with Crippen molar-refractivity contribution in [2.75, 3.05) is 26.0 Å². The predicted octanol–water partition coefficient (Wildman–Crippen LogP) is 0.642. The second-order valence-corrected chi connectivity index (χ2v) is 5.92. The Kier molecular flexibility index (Phi) is 5.20. The van der Waals surface area contributed by atoms with Crippen molar-refractivity contribution >= 4 is 11.8 Å². The Bertz CT molecular complexity index is 401. The molecule has 2 N–H and O–H groups in total. The first-order valence-corrected chi connectivity index (χ1v) is 7.90. The minimum atomic E-state index is -0.923. The fourth-order valence-corrected chi connectivity index (χ4v) is 2.66. The summed E-state index contributed by atoms with van der Waals surface area (Å²) in [5.41, 5.74) is -0.923. The van der Waals surface area contributed by atoms with Crippen LogP contribution in [0.25, 0.3) is 0 Å². The van der Waals surface area contributed by atoms with Gasteiger partial charge in [-0.1, -0.05) is 5.16 Å². The molecule has 7 heteroatoms. The minimum Gasteiger partial charge on any atom is -0.393 e. The van der Waals surface area contributed by atoms with Crippen LogP contribution in [0.2, 0.25) is 0 Å². The number of hydrogen-bond donors (Lipinski definition) is 2. The highest BCUT2D eigenvalue weighted by Crippen LogP contribution is 2.22. The van der Waals surface area contributed by atoms with Gasteiger partial charge in [-0.2, -0.15) is 16.7 Å². The number of aliphatic hydroxyl groups is 2. The summed E-state index contributed by atoms with van der Waals surface area (Å²) >= 11 is 1.66. The van der Waals surface area contributed by atoms with Crippen LogP contribution >= 0.6 is 11.8 Å². The van der Waals surface area contributed by atoms with Crippen molar-refractivity contribution in [1.82, 2.24) is 15.0 Å². The van der Waals surface area contributed by atoms with Gasteiger partial charge in [0, 0.05) is 6.54 Å². The maximum Gasteiger partial charge on any atom is 0.240 e. The topological polar surface area (TPSA) is 82.6 Å². The van der Waals surface area contributed by atoms with E-state index in [1.165, 1.54) is 0 Å². The molecule has 1 aliphatic heterocycles. The Morgan fingerprint density at radius 1 is 1.42 bits per heavy atom. The van der Waals surface area contributed by atoms with Crippen LogP contribution in [0.3, 0.4) is 0 Å². The van der Waals surface area contributed by atoms with Crippen molar-refractivity contribution in [3.8, 4) is 0 Å². The van der Waals surface area contributed by atoms with Crippen LogP contribution in [0.1, 0.15) is 31.0 Å². The molecular weight excluding hydrogens is 266 g/mol. The molecule has 19 heavy (non-hydrogen) atoms. The lowest BCUT2D eigenvalue weighted by atomic mass is 9.96. The van der Waals surface area contributed by atoms with Gasteiger partial charge in [0.15, 0.2) is 5.82 Å². The minimum absolute atomic E-state index is 0.167. The first-order chi connectivity index (χ1) is 9.15. The molecule has 1 saturated heterocycles. The number of rotatable bonds is 5. The molecule has 1 aromatic heterocycles. The van der Waals surface area contributed by atoms with Gasteiger partial charge >= 0.3 is 0 Å². The molecule has 0 aromatic carbocycles. The van der Waals surface area contributed by atoms with Crippen molar-refractivity contribution in [3.05, 3.63) is 11.7 Å². The van der Waals surface area contributed by atoms with Crippen LogP contribution in [-0.2, 0) is 12.3 Å². The summed E-state index contributed by atoms with van der Waals surface area (Å²) < 4.78 is 5.21. The molecule has 0 saturated carbocycles. The molecule has 0 radical (unpaired) electrons. The van der Waals surface area contributed by atoms with Gasteiger partial charge in [-0.3, -0.25) is 4.90 Å². The Labute approximate surface area is 117 Å². The highest BCUT2D eigenvalue weighted by atomic mass is 32.2. The van der Waals surface area contributed by atoms with Gasteiger partial charge in [0.05, 0.1) is 24.5 Å². The van der Waals surface area contributed by atoms with E-state index in [4.69, 9.17) is 4.52 Å². The maximum absolute atomic E-state index is 10.1. The van der Waals surface area contributed by atoms with Gasteiger partial charge in [-0.15, -0.1) is 0 Å². The molecule has 1 atom stereocenters. The van der Waals surface area contributed by atoms with Gasteiger partial charge in [0.25, 0.3) is 0 Å². The Morgan fingerprint density at radius 3 is 3.00 bits per heavy atom. The fraction of sp³-hybridized carbons (Fsp3) is 0.833. The monoisotopic (exact) mass is 287 g/mol. The predicted molar refractivity (Wildman–Crippen MR) is 72.7 cm³/mol. The number of likely N-dealkylation sites (tertiary alicyclic amines) is 1. The first-order valence-electron chi connectivity index (χ1n) is 6.51. The molecule has 2 rings (SSSR count). The van der Waals surface area contributed by atoms with E-state index in [0.717, 1.165) is 31.1 Å². The zero-order chi connectivity index (χ0) is 13.7. The quantitative estimate of drug-likeness (QED) is 0.822. The normalized spacial score (nSPS) is 25.4. The summed E-state index contributed by atoms with van der Waals surface area (Å²) in [7, 11) is 0. The van der Waals surface area contributed by atoms with Gasteiger partial charge < -0.3 is 14.7 Å². The lowest BCUT2D eigenvalue weighted by molar-refractivity contribution is -0.0256. The van der Waals surface area contributed by atoms with Crippen molar-refractivity contribution in [2.45, 2.75) is 37.2 Å². The summed E-state index contributed by atoms with van der Waals surface area (Å²) in [6.07, 6.45) is 4.08. The van der Waals surface area contributed by atoms with Crippen LogP contribution in [0.4, 0.5) is 0 Å². The zero-order valence-electron chi connectivity index (χ0n) is 11.2. The van der Waals surface area contributed by atoms with Crippen molar-refractivity contribution < 1.29 is 14.7 Å². The first kappa shape index (κ1) is 14.8. The summed E-state index contributed by atoms with van der Waals surface area (Å²) in [6.45, 7) is 2.06. The number of thioether (sulfide) groups is 1. The van der Waals surface area contributed by atoms with Crippen LogP contribution in [0.15, 0.2) is 4.52 Å². The van der Waals surface area contributed by atoms with Gasteiger partial charge in [0.2, 0.25) is 5.89 Å². The Hall–Kier alpha value is -0.630. The van der Waals surface area contributed by atoms with Gasteiger partial charge in [0.1, 0.15) is 0 Å². The highest BCUT2D eigenvalue weighted by Gasteiger charge is 2.29. The third-order valence-corrected chi connectivity index (χ3v) is 3.99. The second-order valence-electron chi connectivity index (χ2n) is 5.05. The van der Waals surface area contributed by atoms with E-state index < -0.39 is 5.60 Å². The molecule has 1 unspecified atom stereocenters. The molecule has 0 spiro atoms. The van der Waals surface area contributed by atoms with Crippen molar-refractivity contribution in [2.24, 2.45) is 0 Å². The highest BCUT2D eigenvalue weighted by molar-refractivity contribution is 7.97. The van der Waals surface area contributed by atoms with E-state index in [2.05, 4.69) is 15.0 Å². The standard InChI is InChI=1S/C12H21N3O3S/c1-19-8-10-13-11(18-14-10)7-15-5-2-3-12(17,9-16)4-6-15/h16-17H,2-9H2,1H3. The number of aliphatic hydroxyl groups excluding tert-OH is 1. The smallest absolute Gasteiger partial charge is 0.240 e. The largest absolute Gasteiger partial charge is 0.393 e. The fourth-order valence-electron chi connectivity index (χ4n) is 2.28. The van der Waals surface area contributed by atoms with E-state index >= 15 is 0 Å².